The van der Waals surface area contributed by atoms with E-state index in [9.17, 15) is 10.1 Å². The third kappa shape index (κ3) is 3.20. The van der Waals surface area contributed by atoms with Gasteiger partial charge in [0.05, 0.1) is 4.92 Å². The van der Waals surface area contributed by atoms with Gasteiger partial charge in [0.1, 0.15) is 0 Å². The number of nitro groups is 1. The van der Waals surface area contributed by atoms with Crippen LogP contribution in [0.4, 0.5) is 11.4 Å². The average molecular weight is 249 g/mol. The van der Waals surface area contributed by atoms with Crippen molar-refractivity contribution in [2.45, 2.75) is 32.2 Å². The van der Waals surface area contributed by atoms with Crippen LogP contribution in [0.25, 0.3) is 0 Å². The average Bonchev–Trinajstić information content (AvgIpc) is 2.84. The van der Waals surface area contributed by atoms with Crippen molar-refractivity contribution in [3.05, 3.63) is 33.9 Å². The molecule has 2 N–H and O–H groups in total. The summed E-state index contributed by atoms with van der Waals surface area (Å²) in [5.41, 5.74) is 1.70. The number of nitrogens with zero attached hydrogens (tertiary/aromatic N) is 1. The van der Waals surface area contributed by atoms with Gasteiger partial charge in [-0.2, -0.15) is 0 Å². The van der Waals surface area contributed by atoms with E-state index >= 15 is 0 Å². The van der Waals surface area contributed by atoms with Crippen LogP contribution in [0.15, 0.2) is 18.2 Å². The maximum absolute atomic E-state index is 10.8. The standard InChI is InChI=1S/C13H19N3O2/c1-10-4-5-12(9-13(10)16(17)18)15-8-6-11-3-2-7-14-11/h4-5,9,11,14-15H,2-3,6-8H2,1H3. The topological polar surface area (TPSA) is 67.2 Å². The predicted octanol–water partition coefficient (Wildman–Crippen LogP) is 2.46. The number of rotatable bonds is 5. The van der Waals surface area contributed by atoms with E-state index in [-0.39, 0.29) is 10.6 Å². The van der Waals surface area contributed by atoms with Gasteiger partial charge in [0, 0.05) is 29.9 Å². The fourth-order valence-electron chi connectivity index (χ4n) is 2.31. The molecule has 5 nitrogen and oxygen atoms in total. The van der Waals surface area contributed by atoms with Gasteiger partial charge in [0.15, 0.2) is 0 Å². The summed E-state index contributed by atoms with van der Waals surface area (Å²) in [6, 6.07) is 5.88. The molecular formula is C13H19N3O2. The largest absolute Gasteiger partial charge is 0.385 e. The van der Waals surface area contributed by atoms with E-state index < -0.39 is 0 Å². The molecule has 0 saturated carbocycles. The van der Waals surface area contributed by atoms with E-state index in [0.29, 0.717) is 11.6 Å². The molecule has 1 aromatic rings. The van der Waals surface area contributed by atoms with E-state index in [4.69, 9.17) is 0 Å². The van der Waals surface area contributed by atoms with E-state index in [0.717, 1.165) is 25.2 Å². The Morgan fingerprint density at radius 2 is 2.39 bits per heavy atom. The number of anilines is 1. The summed E-state index contributed by atoms with van der Waals surface area (Å²) in [5, 5.41) is 17.5. The van der Waals surface area contributed by atoms with Crippen molar-refractivity contribution in [3.63, 3.8) is 0 Å². The SMILES string of the molecule is Cc1ccc(NCCC2CCCN2)cc1[N+](=O)[O-]. The van der Waals surface area contributed by atoms with Crippen LogP contribution >= 0.6 is 0 Å². The number of aryl methyl sites for hydroxylation is 1. The summed E-state index contributed by atoms with van der Waals surface area (Å²) in [6.07, 6.45) is 3.54. The van der Waals surface area contributed by atoms with Crippen LogP contribution in [0, 0.1) is 17.0 Å². The Hall–Kier alpha value is -1.62. The molecule has 0 amide bonds. The predicted molar refractivity (Wildman–Crippen MR) is 72.0 cm³/mol. The van der Waals surface area contributed by atoms with Crippen molar-refractivity contribution in [2.75, 3.05) is 18.4 Å². The van der Waals surface area contributed by atoms with E-state index in [1.165, 1.54) is 12.8 Å². The molecule has 1 aromatic carbocycles. The first-order chi connectivity index (χ1) is 8.66. The van der Waals surface area contributed by atoms with E-state index in [1.807, 2.05) is 6.07 Å². The summed E-state index contributed by atoms with van der Waals surface area (Å²) in [4.78, 5) is 10.5. The lowest BCUT2D eigenvalue weighted by molar-refractivity contribution is -0.385. The number of hydrogen-bond donors (Lipinski definition) is 2. The minimum absolute atomic E-state index is 0.180. The molecule has 18 heavy (non-hydrogen) atoms. The molecule has 0 aliphatic carbocycles. The molecule has 2 rings (SSSR count). The maximum Gasteiger partial charge on any atom is 0.274 e. The Kier molecular flexibility index (Phi) is 4.15. The molecule has 1 atom stereocenters. The van der Waals surface area contributed by atoms with Gasteiger partial charge in [-0.25, -0.2) is 0 Å². The highest BCUT2D eigenvalue weighted by Crippen LogP contribution is 2.22. The van der Waals surface area contributed by atoms with Crippen molar-refractivity contribution in [1.82, 2.24) is 5.32 Å². The highest BCUT2D eigenvalue weighted by atomic mass is 16.6. The second-order valence-corrected chi connectivity index (χ2v) is 4.77. The van der Waals surface area contributed by atoms with Gasteiger partial charge in [-0.1, -0.05) is 6.07 Å². The van der Waals surface area contributed by atoms with Gasteiger partial charge in [-0.05, 0) is 38.8 Å². The number of hydrogen-bond acceptors (Lipinski definition) is 4. The minimum atomic E-state index is -0.334. The van der Waals surface area contributed by atoms with E-state index in [1.54, 1.807) is 19.1 Å². The lowest BCUT2D eigenvalue weighted by Gasteiger charge is -2.11. The Bertz CT molecular complexity index is 428. The molecule has 1 aliphatic heterocycles. The lowest BCUT2D eigenvalue weighted by Crippen LogP contribution is -2.24. The summed E-state index contributed by atoms with van der Waals surface area (Å²) in [5.74, 6) is 0. The third-order valence-corrected chi connectivity index (χ3v) is 3.39. The Balaban J connectivity index is 1.88. The third-order valence-electron chi connectivity index (χ3n) is 3.39. The molecule has 1 unspecified atom stereocenters. The van der Waals surface area contributed by atoms with Gasteiger partial charge < -0.3 is 10.6 Å². The molecule has 98 valence electrons. The molecule has 0 spiro atoms. The van der Waals surface area contributed by atoms with Gasteiger partial charge in [0.25, 0.3) is 5.69 Å². The first kappa shape index (κ1) is 12.8. The van der Waals surface area contributed by atoms with Crippen molar-refractivity contribution < 1.29 is 4.92 Å². The second-order valence-electron chi connectivity index (χ2n) is 4.77. The summed E-state index contributed by atoms with van der Waals surface area (Å²) < 4.78 is 0. The number of nitrogens with one attached hydrogen (secondary N) is 2. The Labute approximate surface area is 107 Å². The molecule has 1 aliphatic rings. The van der Waals surface area contributed by atoms with Crippen LogP contribution in [0.3, 0.4) is 0 Å². The monoisotopic (exact) mass is 249 g/mol. The van der Waals surface area contributed by atoms with Gasteiger partial charge in [0.2, 0.25) is 0 Å². The molecule has 1 fully saturated rings. The van der Waals surface area contributed by atoms with Gasteiger partial charge >= 0.3 is 0 Å². The van der Waals surface area contributed by atoms with Crippen molar-refractivity contribution in [3.8, 4) is 0 Å². The number of nitro benzene ring substituents is 1. The molecular weight excluding hydrogens is 230 g/mol. The van der Waals surface area contributed by atoms with Crippen LogP contribution < -0.4 is 10.6 Å². The number of benzene rings is 1. The maximum atomic E-state index is 10.8. The Morgan fingerprint density at radius 1 is 1.56 bits per heavy atom. The first-order valence-corrected chi connectivity index (χ1v) is 6.39. The first-order valence-electron chi connectivity index (χ1n) is 6.39. The van der Waals surface area contributed by atoms with E-state index in [2.05, 4.69) is 10.6 Å². The molecule has 0 aromatic heterocycles. The second kappa shape index (κ2) is 5.82. The molecule has 1 heterocycles. The smallest absolute Gasteiger partial charge is 0.274 e. The zero-order chi connectivity index (χ0) is 13.0. The molecule has 1 saturated heterocycles. The fraction of sp³-hybridized carbons (Fsp3) is 0.538. The Morgan fingerprint density at radius 3 is 3.06 bits per heavy atom. The van der Waals surface area contributed by atoms with Crippen molar-refractivity contribution >= 4 is 11.4 Å². The summed E-state index contributed by atoms with van der Waals surface area (Å²) >= 11 is 0. The van der Waals surface area contributed by atoms with Crippen LogP contribution in [-0.2, 0) is 0 Å². The molecule has 0 bridgehead atoms. The zero-order valence-corrected chi connectivity index (χ0v) is 10.6. The van der Waals surface area contributed by atoms with Crippen molar-refractivity contribution in [2.24, 2.45) is 0 Å². The fourth-order valence-corrected chi connectivity index (χ4v) is 2.31. The highest BCUT2D eigenvalue weighted by Gasteiger charge is 2.14. The van der Waals surface area contributed by atoms with Gasteiger partial charge in [-0.15, -0.1) is 0 Å². The lowest BCUT2D eigenvalue weighted by atomic mass is 10.1. The summed E-state index contributed by atoms with van der Waals surface area (Å²) in [7, 11) is 0. The normalized spacial score (nSPS) is 18.8. The molecule has 0 radical (unpaired) electrons. The summed E-state index contributed by atoms with van der Waals surface area (Å²) in [6.45, 7) is 3.71. The molecule has 5 heteroatoms. The quantitative estimate of drug-likeness (QED) is 0.621. The zero-order valence-electron chi connectivity index (χ0n) is 10.6. The van der Waals surface area contributed by atoms with Gasteiger partial charge in [-0.3, -0.25) is 10.1 Å². The van der Waals surface area contributed by atoms with Crippen LogP contribution in [-0.4, -0.2) is 24.1 Å². The minimum Gasteiger partial charge on any atom is -0.385 e. The van der Waals surface area contributed by atoms with Crippen LogP contribution in [0.2, 0.25) is 0 Å². The van der Waals surface area contributed by atoms with Crippen molar-refractivity contribution in [1.29, 1.82) is 0 Å². The van der Waals surface area contributed by atoms with Crippen LogP contribution in [0.1, 0.15) is 24.8 Å². The van der Waals surface area contributed by atoms with Crippen LogP contribution in [0.5, 0.6) is 0 Å². The highest BCUT2D eigenvalue weighted by molar-refractivity contribution is 5.54.